The minimum Gasteiger partial charge on any atom is -0.394 e. The number of allylic oxidation sites excluding steroid dienone is 1. The van der Waals surface area contributed by atoms with Crippen LogP contribution in [0.4, 0.5) is 0 Å². The molecular weight excluding hydrogens is 278 g/mol. The zero-order valence-electron chi connectivity index (χ0n) is 13.3. The predicted molar refractivity (Wildman–Crippen MR) is 88.6 cm³/mol. The minimum absolute atomic E-state index is 0.0815. The quantitative estimate of drug-likeness (QED) is 0.689. The summed E-state index contributed by atoms with van der Waals surface area (Å²) in [7, 11) is 0. The smallest absolute Gasteiger partial charge is 0.251 e. The van der Waals surface area contributed by atoms with Gasteiger partial charge in [-0.15, -0.1) is 0 Å². The number of nitrogens with one attached hydrogen (secondary N) is 1. The Kier molecular flexibility index (Phi) is 8.15. The molecule has 1 atom stereocenters. The van der Waals surface area contributed by atoms with Crippen LogP contribution in [-0.2, 0) is 4.79 Å². The number of hydrogen-bond acceptors (Lipinski definition) is 3. The molecule has 22 heavy (non-hydrogen) atoms. The highest BCUT2D eigenvalue weighted by Gasteiger charge is 2.08. The number of Topliss-reactive ketones (excluding diaryl/α,β-unsaturated/α-hetero) is 1. The molecule has 0 bridgehead atoms. The van der Waals surface area contributed by atoms with Gasteiger partial charge in [-0.1, -0.05) is 31.2 Å². The Bertz CT molecular complexity index is 523. The van der Waals surface area contributed by atoms with Gasteiger partial charge < -0.3 is 10.4 Å². The molecular formula is C18H25NO3. The van der Waals surface area contributed by atoms with Gasteiger partial charge in [0.05, 0.1) is 6.61 Å². The third kappa shape index (κ3) is 6.68. The van der Waals surface area contributed by atoms with E-state index in [0.29, 0.717) is 24.2 Å². The summed E-state index contributed by atoms with van der Waals surface area (Å²) in [6.07, 6.45) is 6.93. The van der Waals surface area contributed by atoms with Crippen LogP contribution in [0.5, 0.6) is 0 Å². The minimum atomic E-state index is -0.261. The summed E-state index contributed by atoms with van der Waals surface area (Å²) in [6, 6.07) is 7.06. The van der Waals surface area contributed by atoms with Crippen molar-refractivity contribution >= 4 is 17.8 Å². The van der Waals surface area contributed by atoms with Gasteiger partial charge in [0.1, 0.15) is 5.78 Å². The number of benzene rings is 1. The lowest BCUT2D eigenvalue weighted by Crippen LogP contribution is -2.34. The zero-order valence-corrected chi connectivity index (χ0v) is 13.3. The molecule has 0 aliphatic carbocycles. The van der Waals surface area contributed by atoms with Crippen LogP contribution in [0, 0.1) is 0 Å². The Morgan fingerprint density at radius 3 is 2.82 bits per heavy atom. The third-order valence-corrected chi connectivity index (χ3v) is 3.33. The van der Waals surface area contributed by atoms with Crippen molar-refractivity contribution in [2.24, 2.45) is 0 Å². The van der Waals surface area contributed by atoms with Crippen LogP contribution >= 0.6 is 0 Å². The molecule has 0 aromatic heterocycles. The summed E-state index contributed by atoms with van der Waals surface area (Å²) in [4.78, 5) is 23.2. The van der Waals surface area contributed by atoms with Crippen molar-refractivity contribution in [3.63, 3.8) is 0 Å². The molecule has 4 heteroatoms. The highest BCUT2D eigenvalue weighted by molar-refractivity contribution is 5.94. The van der Waals surface area contributed by atoms with Gasteiger partial charge in [-0.05, 0) is 37.5 Å². The molecule has 0 spiro atoms. The van der Waals surface area contributed by atoms with Crippen molar-refractivity contribution in [1.29, 1.82) is 0 Å². The lowest BCUT2D eigenvalue weighted by atomic mass is 10.1. The standard InChI is InChI=1S/C18H25NO3/c1-3-17(21)11-6-4-5-8-15-9-7-10-16(12-15)18(22)19-14(2)13-20/h5,7-10,12,14,20H,3-4,6,11,13H2,1-2H3,(H,19,22)/b8-5-/t14-/m0/s1. The zero-order chi connectivity index (χ0) is 16.4. The summed E-state index contributed by atoms with van der Waals surface area (Å²) in [5, 5.41) is 11.7. The van der Waals surface area contributed by atoms with Crippen molar-refractivity contribution in [3.05, 3.63) is 41.5 Å². The molecule has 2 N–H and O–H groups in total. The number of amides is 1. The number of carbonyl (C=O) groups excluding carboxylic acids is 2. The average molecular weight is 303 g/mol. The van der Waals surface area contributed by atoms with Gasteiger partial charge in [0.15, 0.2) is 0 Å². The fraction of sp³-hybridized carbons (Fsp3) is 0.444. The van der Waals surface area contributed by atoms with Crippen LogP contribution in [0.2, 0.25) is 0 Å². The van der Waals surface area contributed by atoms with Crippen molar-refractivity contribution in [2.45, 2.75) is 45.6 Å². The lowest BCUT2D eigenvalue weighted by Gasteiger charge is -2.10. The van der Waals surface area contributed by atoms with E-state index in [1.54, 1.807) is 13.0 Å². The number of unbranched alkanes of at least 4 members (excludes halogenated alkanes) is 1. The molecule has 1 aromatic rings. The SMILES string of the molecule is CCC(=O)CCC/C=C\c1cccc(C(=O)N[C@@H](C)CO)c1. The van der Waals surface area contributed by atoms with Crippen LogP contribution in [-0.4, -0.2) is 29.4 Å². The topological polar surface area (TPSA) is 66.4 Å². The van der Waals surface area contributed by atoms with Crippen LogP contribution in [0.1, 0.15) is 55.5 Å². The molecule has 0 fully saturated rings. The molecule has 1 rings (SSSR count). The highest BCUT2D eigenvalue weighted by Crippen LogP contribution is 2.09. The van der Waals surface area contributed by atoms with Gasteiger partial charge in [0.2, 0.25) is 0 Å². The number of aliphatic hydroxyl groups excluding tert-OH is 1. The van der Waals surface area contributed by atoms with Gasteiger partial charge in [0.25, 0.3) is 5.91 Å². The first-order chi connectivity index (χ1) is 10.6. The third-order valence-electron chi connectivity index (χ3n) is 3.33. The number of ketones is 1. The molecule has 0 aliphatic heterocycles. The number of rotatable bonds is 9. The molecule has 0 saturated carbocycles. The van der Waals surface area contributed by atoms with Gasteiger partial charge in [-0.25, -0.2) is 0 Å². The van der Waals surface area contributed by atoms with E-state index in [0.717, 1.165) is 18.4 Å². The maximum atomic E-state index is 12.0. The second-order valence-corrected chi connectivity index (χ2v) is 5.37. The molecule has 0 saturated heterocycles. The van der Waals surface area contributed by atoms with E-state index >= 15 is 0 Å². The molecule has 0 heterocycles. The first-order valence-electron chi connectivity index (χ1n) is 7.76. The Balaban J connectivity index is 2.53. The van der Waals surface area contributed by atoms with Crippen molar-refractivity contribution in [2.75, 3.05) is 6.61 Å². The predicted octanol–water partition coefficient (Wildman–Crippen LogP) is 2.96. The van der Waals surface area contributed by atoms with Crippen molar-refractivity contribution in [3.8, 4) is 0 Å². The van der Waals surface area contributed by atoms with Crippen LogP contribution in [0.15, 0.2) is 30.3 Å². The summed E-state index contributed by atoms with van der Waals surface area (Å²) in [5.74, 6) is 0.107. The Hall–Kier alpha value is -1.94. The first kappa shape index (κ1) is 18.1. The fourth-order valence-electron chi connectivity index (χ4n) is 1.95. The Morgan fingerprint density at radius 1 is 1.36 bits per heavy atom. The maximum Gasteiger partial charge on any atom is 0.251 e. The van der Waals surface area contributed by atoms with Crippen molar-refractivity contribution < 1.29 is 14.7 Å². The summed E-state index contributed by atoms with van der Waals surface area (Å²) >= 11 is 0. The summed E-state index contributed by atoms with van der Waals surface area (Å²) in [5.41, 5.74) is 1.52. The second kappa shape index (κ2) is 9.90. The maximum absolute atomic E-state index is 12.0. The normalized spacial score (nSPS) is 12.3. The molecule has 1 amide bonds. The fourth-order valence-corrected chi connectivity index (χ4v) is 1.95. The second-order valence-electron chi connectivity index (χ2n) is 5.37. The summed E-state index contributed by atoms with van der Waals surface area (Å²) in [6.45, 7) is 3.55. The van der Waals surface area contributed by atoms with Crippen LogP contribution in [0.3, 0.4) is 0 Å². The molecule has 4 nitrogen and oxygen atoms in total. The van der Waals surface area contributed by atoms with E-state index in [-0.39, 0.29) is 18.6 Å². The lowest BCUT2D eigenvalue weighted by molar-refractivity contribution is -0.118. The van der Waals surface area contributed by atoms with Gasteiger partial charge in [-0.2, -0.15) is 0 Å². The largest absolute Gasteiger partial charge is 0.394 e. The number of carbonyl (C=O) groups is 2. The number of hydrogen-bond donors (Lipinski definition) is 2. The van der Waals surface area contributed by atoms with E-state index < -0.39 is 0 Å². The molecule has 0 unspecified atom stereocenters. The van der Waals surface area contributed by atoms with Gasteiger partial charge in [-0.3, -0.25) is 9.59 Å². The van der Waals surface area contributed by atoms with Crippen LogP contribution in [0.25, 0.3) is 6.08 Å². The molecule has 0 radical (unpaired) electrons. The van der Waals surface area contributed by atoms with E-state index in [9.17, 15) is 9.59 Å². The first-order valence-corrected chi connectivity index (χ1v) is 7.76. The average Bonchev–Trinajstić information content (AvgIpc) is 2.54. The van der Waals surface area contributed by atoms with E-state index in [1.165, 1.54) is 0 Å². The molecule has 0 aliphatic rings. The monoisotopic (exact) mass is 303 g/mol. The van der Waals surface area contributed by atoms with Gasteiger partial charge in [0, 0.05) is 24.4 Å². The number of aliphatic hydroxyl groups is 1. The van der Waals surface area contributed by atoms with E-state index in [4.69, 9.17) is 5.11 Å². The highest BCUT2D eigenvalue weighted by atomic mass is 16.3. The Morgan fingerprint density at radius 2 is 2.14 bits per heavy atom. The molecule has 120 valence electrons. The van der Waals surface area contributed by atoms with Gasteiger partial charge >= 0.3 is 0 Å². The van der Waals surface area contributed by atoms with E-state index in [2.05, 4.69) is 5.32 Å². The van der Waals surface area contributed by atoms with Crippen LogP contribution < -0.4 is 5.32 Å². The summed E-state index contributed by atoms with van der Waals surface area (Å²) < 4.78 is 0. The van der Waals surface area contributed by atoms with Crippen molar-refractivity contribution in [1.82, 2.24) is 5.32 Å². The Labute approximate surface area is 132 Å². The molecule has 1 aromatic carbocycles. The van der Waals surface area contributed by atoms with E-state index in [1.807, 2.05) is 37.3 Å².